The maximum absolute atomic E-state index is 11.0. The van der Waals surface area contributed by atoms with Gasteiger partial charge in [-0.25, -0.2) is 0 Å². The van der Waals surface area contributed by atoms with Crippen molar-refractivity contribution in [3.05, 3.63) is 0 Å². The summed E-state index contributed by atoms with van der Waals surface area (Å²) < 4.78 is 30.5. The molecule has 1 aliphatic rings. The Kier molecular flexibility index (Phi) is 2.84. The Hall–Kier alpha value is -0.660. The van der Waals surface area contributed by atoms with Crippen LogP contribution in [0.3, 0.4) is 0 Å². The van der Waals surface area contributed by atoms with E-state index in [9.17, 15) is 13.2 Å². The van der Waals surface area contributed by atoms with Crippen molar-refractivity contribution < 1.29 is 17.8 Å². The molecule has 6 nitrogen and oxygen atoms in total. The third-order valence-corrected chi connectivity index (χ3v) is 3.90. The number of carbonyl (C=O) groups is 1. The first kappa shape index (κ1) is 11.4. The molecule has 1 aliphatic carbocycles. The van der Waals surface area contributed by atoms with E-state index in [1.54, 1.807) is 0 Å². The van der Waals surface area contributed by atoms with Crippen LogP contribution >= 0.6 is 0 Å². The van der Waals surface area contributed by atoms with Crippen molar-refractivity contribution in [2.75, 3.05) is 0 Å². The largest absolute Gasteiger partial charge is 0.368 e. The fourth-order valence-electron chi connectivity index (χ4n) is 1.73. The molecule has 2 unspecified atom stereocenters. The number of primary amides is 1. The van der Waals surface area contributed by atoms with Gasteiger partial charge in [0.2, 0.25) is 5.91 Å². The van der Waals surface area contributed by atoms with Crippen molar-refractivity contribution in [1.82, 2.24) is 0 Å². The second-order valence-electron chi connectivity index (χ2n) is 3.75. The number of nitrogens with two attached hydrogens (primary N) is 2. The first-order valence-electron chi connectivity index (χ1n) is 4.31. The van der Waals surface area contributed by atoms with Gasteiger partial charge in [0.15, 0.2) is 0 Å². The van der Waals surface area contributed by atoms with Crippen LogP contribution in [0.1, 0.15) is 25.7 Å². The maximum Gasteiger partial charge on any atom is 0.267 e. The standard InChI is InChI=1S/C7H14N2O4S/c8-6(10)7(9)3-1-2-5(4-7)14(11,12)13/h5H,1-4,9H2,(H2,8,10)(H,11,12,13). The van der Waals surface area contributed by atoms with Crippen LogP contribution in [0.5, 0.6) is 0 Å². The molecule has 1 fully saturated rings. The molecule has 1 rings (SSSR count). The van der Waals surface area contributed by atoms with Crippen LogP contribution in [0, 0.1) is 0 Å². The Morgan fingerprint density at radius 3 is 2.50 bits per heavy atom. The van der Waals surface area contributed by atoms with Crippen molar-refractivity contribution in [3.63, 3.8) is 0 Å². The van der Waals surface area contributed by atoms with Gasteiger partial charge in [-0.05, 0) is 25.7 Å². The molecule has 14 heavy (non-hydrogen) atoms. The highest BCUT2D eigenvalue weighted by molar-refractivity contribution is 7.86. The monoisotopic (exact) mass is 222 g/mol. The number of amides is 1. The van der Waals surface area contributed by atoms with Gasteiger partial charge in [-0.1, -0.05) is 0 Å². The van der Waals surface area contributed by atoms with E-state index in [2.05, 4.69) is 0 Å². The molecule has 82 valence electrons. The Morgan fingerprint density at radius 1 is 1.50 bits per heavy atom. The predicted molar refractivity (Wildman–Crippen MR) is 49.9 cm³/mol. The van der Waals surface area contributed by atoms with Crippen molar-refractivity contribution in [2.24, 2.45) is 11.5 Å². The Bertz CT molecular complexity index is 340. The zero-order valence-electron chi connectivity index (χ0n) is 7.64. The van der Waals surface area contributed by atoms with Crippen LogP contribution in [0.15, 0.2) is 0 Å². The minimum Gasteiger partial charge on any atom is -0.368 e. The van der Waals surface area contributed by atoms with Gasteiger partial charge in [-0.15, -0.1) is 0 Å². The SMILES string of the molecule is NC(=O)C1(N)CCCC(S(=O)(=O)O)C1. The summed E-state index contributed by atoms with van der Waals surface area (Å²) in [6, 6.07) is 0. The van der Waals surface area contributed by atoms with Crippen molar-refractivity contribution in [1.29, 1.82) is 0 Å². The molecule has 0 aliphatic heterocycles. The molecule has 0 radical (unpaired) electrons. The summed E-state index contributed by atoms with van der Waals surface area (Å²) in [5.74, 6) is -0.717. The molecule has 0 bridgehead atoms. The number of rotatable bonds is 2. The third-order valence-electron chi connectivity index (χ3n) is 2.65. The van der Waals surface area contributed by atoms with Gasteiger partial charge < -0.3 is 11.5 Å². The molecule has 0 saturated heterocycles. The first-order valence-corrected chi connectivity index (χ1v) is 5.81. The van der Waals surface area contributed by atoms with Crippen molar-refractivity contribution >= 4 is 16.0 Å². The van der Waals surface area contributed by atoms with Gasteiger partial charge in [0.05, 0.1) is 10.8 Å². The molecule has 7 heteroatoms. The first-order chi connectivity index (χ1) is 6.26. The van der Waals surface area contributed by atoms with E-state index in [1.165, 1.54) is 0 Å². The number of hydrogen-bond donors (Lipinski definition) is 3. The van der Waals surface area contributed by atoms with E-state index < -0.39 is 26.8 Å². The van der Waals surface area contributed by atoms with Gasteiger partial charge in [0.25, 0.3) is 10.1 Å². The lowest BCUT2D eigenvalue weighted by Gasteiger charge is -2.33. The van der Waals surface area contributed by atoms with E-state index in [4.69, 9.17) is 16.0 Å². The second kappa shape index (κ2) is 3.48. The van der Waals surface area contributed by atoms with Gasteiger partial charge in [-0.2, -0.15) is 8.42 Å². The zero-order chi connectivity index (χ0) is 11.0. The van der Waals surface area contributed by atoms with E-state index >= 15 is 0 Å². The minimum absolute atomic E-state index is 0.0961. The van der Waals surface area contributed by atoms with Crippen molar-refractivity contribution in [3.8, 4) is 0 Å². The summed E-state index contributed by atoms with van der Waals surface area (Å²) in [5.41, 5.74) is 9.41. The molecule has 2 atom stereocenters. The predicted octanol–water partition coefficient (Wildman–Crippen LogP) is -1.00. The van der Waals surface area contributed by atoms with Crippen LogP contribution in [0.2, 0.25) is 0 Å². The molecule has 0 heterocycles. The quantitative estimate of drug-likeness (QED) is 0.517. The highest BCUT2D eigenvalue weighted by Gasteiger charge is 2.41. The van der Waals surface area contributed by atoms with E-state index in [0.29, 0.717) is 19.3 Å². The summed E-state index contributed by atoms with van der Waals surface area (Å²) in [5, 5.41) is -0.964. The fourth-order valence-corrected chi connectivity index (χ4v) is 2.71. The lowest BCUT2D eigenvalue weighted by Crippen LogP contribution is -2.56. The maximum atomic E-state index is 11.0. The lowest BCUT2D eigenvalue weighted by atomic mass is 9.82. The number of hydrogen-bond acceptors (Lipinski definition) is 4. The van der Waals surface area contributed by atoms with E-state index in [0.717, 1.165) is 0 Å². The van der Waals surface area contributed by atoms with Gasteiger partial charge >= 0.3 is 0 Å². The molecule has 0 aromatic carbocycles. The highest BCUT2D eigenvalue weighted by atomic mass is 32.2. The Labute approximate surface area is 82.4 Å². The molecule has 0 aromatic rings. The summed E-state index contributed by atoms with van der Waals surface area (Å²) in [6.07, 6.45) is 1.07. The van der Waals surface area contributed by atoms with Crippen LogP contribution in [0.4, 0.5) is 0 Å². The molecule has 1 amide bonds. The van der Waals surface area contributed by atoms with Crippen LogP contribution in [0.25, 0.3) is 0 Å². The molecular formula is C7H14N2O4S. The van der Waals surface area contributed by atoms with Crippen LogP contribution in [-0.2, 0) is 14.9 Å². The summed E-state index contributed by atoms with van der Waals surface area (Å²) in [4.78, 5) is 11.0. The summed E-state index contributed by atoms with van der Waals surface area (Å²) in [6.45, 7) is 0. The number of carbonyl (C=O) groups excluding carboxylic acids is 1. The average Bonchev–Trinajstić information content (AvgIpc) is 2.02. The average molecular weight is 222 g/mol. The fraction of sp³-hybridized carbons (Fsp3) is 0.857. The smallest absolute Gasteiger partial charge is 0.267 e. The van der Waals surface area contributed by atoms with Crippen LogP contribution < -0.4 is 11.5 Å². The molecule has 0 spiro atoms. The van der Waals surface area contributed by atoms with Gasteiger partial charge in [0.1, 0.15) is 0 Å². The van der Waals surface area contributed by atoms with Gasteiger partial charge in [0, 0.05) is 0 Å². The lowest BCUT2D eigenvalue weighted by molar-refractivity contribution is -0.124. The Morgan fingerprint density at radius 2 is 2.07 bits per heavy atom. The molecule has 0 aromatic heterocycles. The van der Waals surface area contributed by atoms with Gasteiger partial charge in [-0.3, -0.25) is 9.35 Å². The Balaban J connectivity index is 2.85. The topological polar surface area (TPSA) is 123 Å². The normalized spacial score (nSPS) is 34.0. The summed E-state index contributed by atoms with van der Waals surface area (Å²) in [7, 11) is -4.12. The van der Waals surface area contributed by atoms with Crippen molar-refractivity contribution in [2.45, 2.75) is 36.5 Å². The van der Waals surface area contributed by atoms with E-state index in [1.807, 2.05) is 0 Å². The van der Waals surface area contributed by atoms with Crippen LogP contribution in [-0.4, -0.2) is 29.7 Å². The molecule has 5 N–H and O–H groups in total. The van der Waals surface area contributed by atoms with E-state index in [-0.39, 0.29) is 6.42 Å². The summed E-state index contributed by atoms with van der Waals surface area (Å²) >= 11 is 0. The highest BCUT2D eigenvalue weighted by Crippen LogP contribution is 2.29. The zero-order valence-corrected chi connectivity index (χ0v) is 8.46. The minimum atomic E-state index is -4.12. The molecular weight excluding hydrogens is 208 g/mol. The second-order valence-corrected chi connectivity index (χ2v) is 5.45. The molecule has 1 saturated carbocycles. The third kappa shape index (κ3) is 2.23.